The van der Waals surface area contributed by atoms with Crippen LogP contribution in [-0.2, 0) is 35.2 Å². The van der Waals surface area contributed by atoms with Gasteiger partial charge < -0.3 is 31.5 Å². The molecule has 4 amide bonds. The van der Waals surface area contributed by atoms with Crippen molar-refractivity contribution in [1.82, 2.24) is 21.3 Å². The molecule has 0 radical (unpaired) electrons. The van der Waals surface area contributed by atoms with Crippen molar-refractivity contribution in [3.8, 4) is 12.8 Å². The molecule has 0 spiro atoms. The van der Waals surface area contributed by atoms with E-state index in [1.807, 2.05) is 18.2 Å². The summed E-state index contributed by atoms with van der Waals surface area (Å²) in [5, 5.41) is 27.2. The molecule has 0 aliphatic heterocycles. The number of carbonyl (C=O) groups is 6. The van der Waals surface area contributed by atoms with Gasteiger partial charge in [-0.05, 0) is 64.0 Å². The average molecular weight is 671 g/mol. The number of allylic oxidation sites excluding steroid dienone is 3. The van der Waals surface area contributed by atoms with Crippen molar-refractivity contribution in [2.75, 3.05) is 6.54 Å². The first-order valence-corrected chi connectivity index (χ1v) is 15.8. The fraction of sp³-hybridized carbons (Fsp3) is 0.500. The van der Waals surface area contributed by atoms with Crippen molar-refractivity contribution < 1.29 is 39.0 Å². The predicted molar refractivity (Wildman–Crippen MR) is 187 cm³/mol. The summed E-state index contributed by atoms with van der Waals surface area (Å²) in [6, 6.07) is 7.33. The highest BCUT2D eigenvalue weighted by Gasteiger charge is 2.30. The van der Waals surface area contributed by atoms with E-state index in [0.29, 0.717) is 6.42 Å². The molecule has 0 fully saturated rings. The zero-order valence-corrected chi connectivity index (χ0v) is 29.3. The van der Waals surface area contributed by atoms with Gasteiger partial charge in [-0.3, -0.25) is 28.8 Å². The smallest absolute Gasteiger partial charge is 0.300 e. The van der Waals surface area contributed by atoms with Crippen LogP contribution in [0.1, 0.15) is 86.1 Å². The van der Waals surface area contributed by atoms with Crippen LogP contribution in [0.2, 0.25) is 0 Å². The largest absolute Gasteiger partial charge is 0.513 e. The fourth-order valence-electron chi connectivity index (χ4n) is 4.16. The summed E-state index contributed by atoms with van der Waals surface area (Å²) in [5.74, 6) is -3.15. The Morgan fingerprint density at radius 1 is 0.771 bits per heavy atom. The van der Waals surface area contributed by atoms with Gasteiger partial charge in [0.15, 0.2) is 5.78 Å². The number of terminal acetylenes is 1. The Morgan fingerprint density at radius 3 is 1.88 bits per heavy atom. The van der Waals surface area contributed by atoms with Crippen LogP contribution in [0, 0.1) is 18.8 Å². The molecule has 3 atom stereocenters. The van der Waals surface area contributed by atoms with Crippen molar-refractivity contribution in [3.05, 3.63) is 59.4 Å². The van der Waals surface area contributed by atoms with Crippen LogP contribution in [0.5, 0.6) is 0 Å². The number of hydrogen-bond donors (Lipinski definition) is 6. The number of aliphatic hydroxyl groups excluding tert-OH is 1. The van der Waals surface area contributed by atoms with Crippen molar-refractivity contribution in [3.63, 3.8) is 0 Å². The second-order valence-corrected chi connectivity index (χ2v) is 11.6. The van der Waals surface area contributed by atoms with Gasteiger partial charge >= 0.3 is 0 Å². The van der Waals surface area contributed by atoms with Crippen molar-refractivity contribution >= 4 is 35.4 Å². The lowest BCUT2D eigenvalue weighted by Gasteiger charge is -2.26. The highest BCUT2D eigenvalue weighted by atomic mass is 16.4. The minimum Gasteiger partial charge on any atom is -0.513 e. The molecular formula is C36H54N4O8. The fourth-order valence-corrected chi connectivity index (χ4v) is 4.16. The molecule has 266 valence electrons. The Balaban J connectivity index is 0. The maximum atomic E-state index is 13.1. The summed E-state index contributed by atoms with van der Waals surface area (Å²) in [6.07, 6.45) is 15.3. The molecule has 0 aromatic heterocycles. The number of carbonyl (C=O) groups excluding carboxylic acids is 5. The summed E-state index contributed by atoms with van der Waals surface area (Å²) in [6.45, 7) is 10.5. The number of aliphatic hydroxyl groups is 1. The number of rotatable bonds is 18. The first kappa shape index (κ1) is 45.2. The van der Waals surface area contributed by atoms with E-state index in [-0.39, 0.29) is 30.4 Å². The third kappa shape index (κ3) is 23.4. The van der Waals surface area contributed by atoms with E-state index in [2.05, 4.69) is 46.2 Å². The maximum absolute atomic E-state index is 13.1. The summed E-state index contributed by atoms with van der Waals surface area (Å²) < 4.78 is 0. The standard InChI is InChI=1S/C32H48N4O6.C2H4O2.C2H2/c1-21(2)29(36-31(41)28(35-25(6)38)19-22(3)17-18-23(4)37)32(42)34-24(5)30(40)33-20-27(39)16-12-8-11-15-26-13-9-7-10-14-26;1-2(3)4;1-2/h7,9-10,13-14,17-18,21,24,28-29,37H,8,11-12,15-16,19-20H2,1-6H3,(H,33,40)(H,34,42)(H,35,38)(H,36,41);1H3,(H,3,4);1-2H/b22-17+,23-18+;;/t24-,28-,29-;;/m0../s1. The van der Waals surface area contributed by atoms with Gasteiger partial charge in [0, 0.05) is 20.3 Å². The van der Waals surface area contributed by atoms with Crippen LogP contribution in [0.15, 0.2) is 53.8 Å². The molecule has 0 unspecified atom stereocenters. The second-order valence-electron chi connectivity index (χ2n) is 11.6. The Labute approximate surface area is 285 Å². The van der Waals surface area contributed by atoms with Crippen LogP contribution in [0.25, 0.3) is 0 Å². The Kier molecular flexibility index (Phi) is 24.7. The highest BCUT2D eigenvalue weighted by Crippen LogP contribution is 2.10. The minimum absolute atomic E-state index is 0.0769. The van der Waals surface area contributed by atoms with Crippen LogP contribution in [-0.4, -0.2) is 70.3 Å². The van der Waals surface area contributed by atoms with Crippen LogP contribution < -0.4 is 21.3 Å². The summed E-state index contributed by atoms with van der Waals surface area (Å²) >= 11 is 0. The number of benzene rings is 1. The quantitative estimate of drug-likeness (QED) is 0.0589. The molecule has 1 aromatic carbocycles. The zero-order chi connectivity index (χ0) is 37.2. The number of carboxylic acids is 1. The van der Waals surface area contributed by atoms with E-state index >= 15 is 0 Å². The highest BCUT2D eigenvalue weighted by molar-refractivity contribution is 5.95. The van der Waals surface area contributed by atoms with E-state index in [1.54, 1.807) is 26.8 Å². The van der Waals surface area contributed by atoms with Gasteiger partial charge in [0.25, 0.3) is 5.97 Å². The van der Waals surface area contributed by atoms with Crippen molar-refractivity contribution in [1.29, 1.82) is 0 Å². The maximum Gasteiger partial charge on any atom is 0.300 e. The molecule has 0 aliphatic carbocycles. The van der Waals surface area contributed by atoms with E-state index in [0.717, 1.165) is 38.2 Å². The molecule has 0 heterocycles. The number of aliphatic carboxylic acids is 1. The van der Waals surface area contributed by atoms with Gasteiger partial charge in [-0.25, -0.2) is 0 Å². The predicted octanol–water partition coefficient (Wildman–Crippen LogP) is 3.76. The van der Waals surface area contributed by atoms with Gasteiger partial charge in [0.1, 0.15) is 18.1 Å². The van der Waals surface area contributed by atoms with E-state index in [9.17, 15) is 29.1 Å². The minimum atomic E-state index is -0.967. The van der Waals surface area contributed by atoms with Crippen molar-refractivity contribution in [2.24, 2.45) is 5.92 Å². The number of aryl methyl sites for hydroxylation is 1. The van der Waals surface area contributed by atoms with Crippen molar-refractivity contribution in [2.45, 2.75) is 105 Å². The van der Waals surface area contributed by atoms with Crippen LogP contribution >= 0.6 is 0 Å². The van der Waals surface area contributed by atoms with Gasteiger partial charge in [-0.2, -0.15) is 0 Å². The molecule has 0 bridgehead atoms. The number of ketones is 1. The van der Waals surface area contributed by atoms with E-state index < -0.39 is 47.7 Å². The van der Waals surface area contributed by atoms with Gasteiger partial charge in [-0.1, -0.05) is 62.2 Å². The first-order valence-electron chi connectivity index (χ1n) is 15.8. The number of Topliss-reactive ketones (excluding diaryl/α,β-unsaturated/α-hetero) is 1. The molecule has 6 N–H and O–H groups in total. The van der Waals surface area contributed by atoms with Crippen LogP contribution in [0.4, 0.5) is 0 Å². The number of nitrogens with one attached hydrogen (secondary N) is 4. The topological polar surface area (TPSA) is 191 Å². The number of carboxylic acid groups (broad SMARTS) is 1. The zero-order valence-electron chi connectivity index (χ0n) is 29.3. The molecule has 12 nitrogen and oxygen atoms in total. The molecule has 12 heteroatoms. The Hall–Kier alpha value is -4.92. The third-order valence-corrected chi connectivity index (χ3v) is 6.55. The Bertz CT molecular complexity index is 1250. The molecule has 0 saturated heterocycles. The monoisotopic (exact) mass is 670 g/mol. The van der Waals surface area contributed by atoms with E-state index in [4.69, 9.17) is 9.90 Å². The summed E-state index contributed by atoms with van der Waals surface area (Å²) in [7, 11) is 0. The van der Waals surface area contributed by atoms with Gasteiger partial charge in [0.2, 0.25) is 23.6 Å². The SMILES string of the molecule is C#C.CC(=O)N[C@@H](C/C(C)=C/C=C(\C)O)C(=O)N[C@H](C(=O)N[C@@H](C)C(=O)NCC(=O)CCCCCc1ccccc1)C(C)C.CC(=O)O. The first-order chi connectivity index (χ1) is 22.5. The molecule has 48 heavy (non-hydrogen) atoms. The lowest BCUT2D eigenvalue weighted by atomic mass is 10.0. The summed E-state index contributed by atoms with van der Waals surface area (Å²) in [5.41, 5.74) is 2.00. The third-order valence-electron chi connectivity index (χ3n) is 6.55. The van der Waals surface area contributed by atoms with Gasteiger partial charge in [-0.15, -0.1) is 12.8 Å². The number of unbranched alkanes of at least 4 members (excludes halogenated alkanes) is 2. The number of hydrogen-bond acceptors (Lipinski definition) is 7. The Morgan fingerprint density at radius 2 is 1.35 bits per heavy atom. The molecule has 1 aromatic rings. The second kappa shape index (κ2) is 26.2. The summed E-state index contributed by atoms with van der Waals surface area (Å²) in [4.78, 5) is 71.6. The van der Waals surface area contributed by atoms with Gasteiger partial charge in [0.05, 0.1) is 12.3 Å². The normalized spacial score (nSPS) is 12.8. The lowest BCUT2D eigenvalue weighted by molar-refractivity contribution is -0.134. The average Bonchev–Trinajstić information content (AvgIpc) is 3.01. The molecule has 0 aliphatic rings. The van der Waals surface area contributed by atoms with E-state index in [1.165, 1.54) is 32.4 Å². The number of amides is 4. The molecule has 0 saturated carbocycles. The molecular weight excluding hydrogens is 616 g/mol. The lowest BCUT2D eigenvalue weighted by Crippen LogP contribution is -2.57. The van der Waals surface area contributed by atoms with Crippen LogP contribution in [0.3, 0.4) is 0 Å². The molecule has 1 rings (SSSR count).